The molecule has 10 heteroatoms. The van der Waals surface area contributed by atoms with Gasteiger partial charge >= 0.3 is 0 Å². The Kier molecular flexibility index (Phi) is 6.80. The summed E-state index contributed by atoms with van der Waals surface area (Å²) in [5.74, 6) is -0.692. The molecule has 0 atom stereocenters. The minimum Gasteiger partial charge on any atom is -0.370 e. The number of rotatable bonds is 5. The van der Waals surface area contributed by atoms with E-state index in [1.54, 1.807) is 36.5 Å². The van der Waals surface area contributed by atoms with Crippen LogP contribution in [0.3, 0.4) is 0 Å². The van der Waals surface area contributed by atoms with Crippen molar-refractivity contribution in [2.45, 2.75) is 19.9 Å². The molecule has 31 heavy (non-hydrogen) atoms. The van der Waals surface area contributed by atoms with Gasteiger partial charge in [-0.1, -0.05) is 23.2 Å². The summed E-state index contributed by atoms with van der Waals surface area (Å²) in [5.41, 5.74) is 8.89. The van der Waals surface area contributed by atoms with Gasteiger partial charge in [0.25, 0.3) is 0 Å². The lowest BCUT2D eigenvalue weighted by Crippen LogP contribution is -2.37. The van der Waals surface area contributed by atoms with Gasteiger partial charge in [0.2, 0.25) is 11.8 Å². The van der Waals surface area contributed by atoms with Crippen molar-refractivity contribution in [2.75, 3.05) is 5.32 Å². The standard InChI is InChI=1S/C21H18Cl2N6O2/c1-11(30)28-20-16(22)5-13(6-17(20)23)9-27-21(25)29-19(31)7-14-10-26-18-3-2-12(8-24)4-15(14)18/h2-6,10,26H,7,9H2,1H3,(H,28,30)(H3,25,27,29,31). The molecule has 0 fully saturated rings. The first-order chi connectivity index (χ1) is 14.8. The molecule has 158 valence electrons. The van der Waals surface area contributed by atoms with Crippen molar-refractivity contribution in [2.24, 2.45) is 10.7 Å². The molecule has 5 N–H and O–H groups in total. The Bertz CT molecular complexity index is 1220. The minimum absolute atomic E-state index is 0.0549. The lowest BCUT2D eigenvalue weighted by atomic mass is 10.1. The topological polar surface area (TPSA) is 136 Å². The number of halogens is 2. The number of fused-ring (bicyclic) bond motifs is 1. The van der Waals surface area contributed by atoms with E-state index in [0.29, 0.717) is 16.8 Å². The molecule has 0 aliphatic rings. The van der Waals surface area contributed by atoms with Gasteiger partial charge in [-0.15, -0.1) is 0 Å². The van der Waals surface area contributed by atoms with Crippen LogP contribution in [0.25, 0.3) is 10.9 Å². The van der Waals surface area contributed by atoms with E-state index >= 15 is 0 Å². The number of nitrogens with two attached hydrogens (primary N) is 1. The fraction of sp³-hybridized carbons (Fsp3) is 0.143. The molecule has 1 heterocycles. The Morgan fingerprint density at radius 2 is 1.94 bits per heavy atom. The lowest BCUT2D eigenvalue weighted by Gasteiger charge is -2.10. The number of hydrogen-bond acceptors (Lipinski definition) is 4. The molecule has 0 saturated carbocycles. The Morgan fingerprint density at radius 1 is 1.23 bits per heavy atom. The molecule has 0 bridgehead atoms. The van der Waals surface area contributed by atoms with Crippen molar-refractivity contribution < 1.29 is 9.59 Å². The highest BCUT2D eigenvalue weighted by Gasteiger charge is 2.12. The predicted octanol–water partition coefficient (Wildman–Crippen LogP) is 3.48. The molecule has 0 unspecified atom stereocenters. The minimum atomic E-state index is -0.346. The molecule has 2 amide bonds. The molecule has 0 spiro atoms. The zero-order chi connectivity index (χ0) is 22.5. The van der Waals surface area contributed by atoms with Crippen LogP contribution in [0.2, 0.25) is 10.0 Å². The third kappa shape index (κ3) is 5.54. The average molecular weight is 457 g/mol. The van der Waals surface area contributed by atoms with E-state index in [-0.39, 0.29) is 40.8 Å². The molecule has 0 aliphatic carbocycles. The number of carbonyl (C=O) groups excluding carboxylic acids is 2. The van der Waals surface area contributed by atoms with Gasteiger partial charge in [-0.2, -0.15) is 5.26 Å². The number of amides is 2. The molecule has 2 aromatic carbocycles. The van der Waals surface area contributed by atoms with E-state index in [9.17, 15) is 9.59 Å². The highest BCUT2D eigenvalue weighted by molar-refractivity contribution is 6.39. The third-order valence-electron chi connectivity index (χ3n) is 4.35. The number of nitrogens with zero attached hydrogens (tertiary/aromatic N) is 2. The zero-order valence-corrected chi connectivity index (χ0v) is 17.9. The highest BCUT2D eigenvalue weighted by Crippen LogP contribution is 2.32. The molecular weight excluding hydrogens is 439 g/mol. The highest BCUT2D eigenvalue weighted by atomic mass is 35.5. The zero-order valence-electron chi connectivity index (χ0n) is 16.4. The van der Waals surface area contributed by atoms with Crippen LogP contribution in [-0.4, -0.2) is 22.8 Å². The van der Waals surface area contributed by atoms with Gasteiger partial charge in [0, 0.05) is 24.0 Å². The van der Waals surface area contributed by atoms with E-state index in [1.165, 1.54) is 6.92 Å². The van der Waals surface area contributed by atoms with Crippen LogP contribution in [0.15, 0.2) is 41.5 Å². The molecule has 0 saturated heterocycles. The summed E-state index contributed by atoms with van der Waals surface area (Å²) in [6, 6.07) is 10.5. The Hall–Kier alpha value is -3.54. The summed E-state index contributed by atoms with van der Waals surface area (Å²) in [4.78, 5) is 30.8. The number of carbonyl (C=O) groups is 2. The number of nitrogens with one attached hydrogen (secondary N) is 3. The van der Waals surface area contributed by atoms with E-state index in [0.717, 1.165) is 16.5 Å². The normalized spacial score (nSPS) is 11.2. The maximum Gasteiger partial charge on any atom is 0.231 e. The van der Waals surface area contributed by atoms with E-state index in [2.05, 4.69) is 26.7 Å². The van der Waals surface area contributed by atoms with Crippen LogP contribution in [0.5, 0.6) is 0 Å². The van der Waals surface area contributed by atoms with Gasteiger partial charge in [0.1, 0.15) is 0 Å². The smallest absolute Gasteiger partial charge is 0.231 e. The van der Waals surface area contributed by atoms with Gasteiger partial charge in [-0.25, -0.2) is 4.99 Å². The summed E-state index contributed by atoms with van der Waals surface area (Å²) in [6.45, 7) is 1.48. The van der Waals surface area contributed by atoms with E-state index < -0.39 is 0 Å². The SMILES string of the molecule is CC(=O)Nc1c(Cl)cc(CN=C(N)NC(=O)Cc2c[nH]c3ccc(C#N)cc23)cc1Cl. The second kappa shape index (κ2) is 9.51. The van der Waals surface area contributed by atoms with Crippen molar-refractivity contribution in [1.29, 1.82) is 5.26 Å². The fourth-order valence-electron chi connectivity index (χ4n) is 2.98. The summed E-state index contributed by atoms with van der Waals surface area (Å²) < 4.78 is 0. The van der Waals surface area contributed by atoms with Crippen molar-refractivity contribution in [3.63, 3.8) is 0 Å². The number of benzene rings is 2. The van der Waals surface area contributed by atoms with Gasteiger partial charge in [0.05, 0.1) is 40.3 Å². The maximum absolute atomic E-state index is 12.4. The number of anilines is 1. The fourth-order valence-corrected chi connectivity index (χ4v) is 3.61. The number of hydrogen-bond donors (Lipinski definition) is 4. The second-order valence-corrected chi connectivity index (χ2v) is 7.54. The number of aliphatic imine (C=N–C) groups is 1. The van der Waals surface area contributed by atoms with Crippen LogP contribution in [0, 0.1) is 11.3 Å². The quantitative estimate of drug-likeness (QED) is 0.344. The van der Waals surface area contributed by atoms with Crippen LogP contribution in [0.1, 0.15) is 23.6 Å². The number of nitriles is 1. The first-order valence-electron chi connectivity index (χ1n) is 9.12. The summed E-state index contributed by atoms with van der Waals surface area (Å²) in [5, 5.41) is 15.5. The molecule has 1 aromatic heterocycles. The number of guanidine groups is 1. The van der Waals surface area contributed by atoms with Gasteiger partial charge in [0.15, 0.2) is 5.96 Å². The first kappa shape index (κ1) is 22.2. The van der Waals surface area contributed by atoms with Crippen LogP contribution in [0.4, 0.5) is 5.69 Å². The second-order valence-electron chi connectivity index (χ2n) is 6.73. The van der Waals surface area contributed by atoms with Crippen molar-refractivity contribution in [1.82, 2.24) is 10.3 Å². The van der Waals surface area contributed by atoms with Crippen LogP contribution < -0.4 is 16.4 Å². The molecule has 3 aromatic rings. The summed E-state index contributed by atoms with van der Waals surface area (Å²) in [6.07, 6.45) is 1.79. The number of aromatic amines is 1. The Morgan fingerprint density at radius 3 is 2.58 bits per heavy atom. The van der Waals surface area contributed by atoms with Crippen LogP contribution >= 0.6 is 23.2 Å². The molecular formula is C21H18Cl2N6O2. The number of H-pyrrole nitrogens is 1. The summed E-state index contributed by atoms with van der Waals surface area (Å²) in [7, 11) is 0. The third-order valence-corrected chi connectivity index (χ3v) is 4.95. The van der Waals surface area contributed by atoms with Crippen molar-refractivity contribution >= 4 is 57.6 Å². The molecule has 0 aliphatic heterocycles. The molecule has 8 nitrogen and oxygen atoms in total. The average Bonchev–Trinajstić information content (AvgIpc) is 3.10. The largest absolute Gasteiger partial charge is 0.370 e. The van der Waals surface area contributed by atoms with E-state index in [1.807, 2.05) is 0 Å². The predicted molar refractivity (Wildman–Crippen MR) is 121 cm³/mol. The monoisotopic (exact) mass is 456 g/mol. The van der Waals surface area contributed by atoms with Gasteiger partial charge in [-0.05, 0) is 41.5 Å². The molecule has 3 rings (SSSR count). The number of aromatic nitrogens is 1. The van der Waals surface area contributed by atoms with Gasteiger partial charge in [-0.3, -0.25) is 14.9 Å². The summed E-state index contributed by atoms with van der Waals surface area (Å²) >= 11 is 12.3. The Balaban J connectivity index is 1.65. The maximum atomic E-state index is 12.4. The van der Waals surface area contributed by atoms with Crippen molar-refractivity contribution in [3.05, 3.63) is 63.3 Å². The Labute approximate surface area is 188 Å². The van der Waals surface area contributed by atoms with E-state index in [4.69, 9.17) is 34.2 Å². The van der Waals surface area contributed by atoms with Gasteiger partial charge < -0.3 is 16.0 Å². The molecule has 0 radical (unpaired) electrons. The van der Waals surface area contributed by atoms with Crippen molar-refractivity contribution in [3.8, 4) is 6.07 Å². The first-order valence-corrected chi connectivity index (χ1v) is 9.88. The van der Waals surface area contributed by atoms with Crippen LogP contribution in [-0.2, 0) is 22.6 Å². The lowest BCUT2D eigenvalue weighted by molar-refractivity contribution is -0.119.